The number of phenolic OH excluding ortho intramolecular Hbond substituents is 2. The molecule has 0 aromatic heterocycles. The Balaban J connectivity index is 0.00000256. The van der Waals surface area contributed by atoms with Crippen LogP contribution in [0, 0.1) is 0 Å². The molecule has 0 saturated carbocycles. The maximum atomic E-state index is 11.4. The fourth-order valence-electron chi connectivity index (χ4n) is 1.20. The summed E-state index contributed by atoms with van der Waals surface area (Å²) >= 11 is 0. The highest BCUT2D eigenvalue weighted by Gasteiger charge is 2.18. The first-order valence-corrected chi connectivity index (χ1v) is 4.63. The molecule has 1 aromatic carbocycles. The molecule has 0 aliphatic rings. The smallest absolute Gasteiger partial charge is 0.346 e. The quantitative estimate of drug-likeness (QED) is 0.560. The van der Waals surface area contributed by atoms with E-state index in [9.17, 15) is 15.0 Å². The van der Waals surface area contributed by atoms with Gasteiger partial charge in [-0.2, -0.15) is 0 Å². The maximum absolute atomic E-state index is 11.4. The van der Waals surface area contributed by atoms with Gasteiger partial charge in [0.05, 0.1) is 0 Å². The minimum absolute atomic E-state index is 0. The fourth-order valence-corrected chi connectivity index (χ4v) is 1.20. The van der Waals surface area contributed by atoms with Crippen molar-refractivity contribution in [2.24, 2.45) is 5.73 Å². The Kier molecular flexibility index (Phi) is 6.09. The lowest BCUT2D eigenvalue weighted by atomic mass is 10.1. The van der Waals surface area contributed by atoms with Gasteiger partial charge >= 0.3 is 5.97 Å². The average molecular weight is 260 g/mol. The van der Waals surface area contributed by atoms with E-state index in [1.807, 2.05) is 0 Å². The minimum Gasteiger partial charge on any atom is -0.507 e. The van der Waals surface area contributed by atoms with E-state index in [1.165, 1.54) is 18.2 Å². The van der Waals surface area contributed by atoms with Gasteiger partial charge in [0.1, 0.15) is 23.7 Å². The molecule has 1 aromatic rings. The minimum atomic E-state index is -0.807. The van der Waals surface area contributed by atoms with Crippen LogP contribution in [-0.4, -0.2) is 22.8 Å². The van der Waals surface area contributed by atoms with E-state index < -0.39 is 5.97 Å². The van der Waals surface area contributed by atoms with Crippen LogP contribution >= 0.6 is 12.4 Å². The van der Waals surface area contributed by atoms with Crippen molar-refractivity contribution in [2.45, 2.75) is 6.54 Å². The Bertz CT molecular complexity index is 397. The normalized spacial score (nSPS) is 9.24. The summed E-state index contributed by atoms with van der Waals surface area (Å²) in [5.74, 6) is -1.51. The molecule has 0 unspecified atom stereocenters. The number of rotatable bonds is 4. The Morgan fingerprint density at radius 2 is 1.94 bits per heavy atom. The Morgan fingerprint density at radius 1 is 1.41 bits per heavy atom. The average Bonchev–Trinajstić information content (AvgIpc) is 2.25. The maximum Gasteiger partial charge on any atom is 0.346 e. The van der Waals surface area contributed by atoms with Crippen LogP contribution in [0.5, 0.6) is 11.5 Å². The van der Waals surface area contributed by atoms with Crippen molar-refractivity contribution in [3.05, 3.63) is 35.9 Å². The highest BCUT2D eigenvalue weighted by molar-refractivity contribution is 5.95. The van der Waals surface area contributed by atoms with Crippen molar-refractivity contribution in [3.63, 3.8) is 0 Å². The zero-order valence-electron chi connectivity index (χ0n) is 9.05. The molecule has 6 heteroatoms. The highest BCUT2D eigenvalue weighted by Crippen LogP contribution is 2.29. The van der Waals surface area contributed by atoms with E-state index >= 15 is 0 Å². The molecule has 0 bridgehead atoms. The van der Waals surface area contributed by atoms with E-state index in [4.69, 9.17) is 10.5 Å². The number of halogens is 1. The second-order valence-corrected chi connectivity index (χ2v) is 3.10. The van der Waals surface area contributed by atoms with Gasteiger partial charge in [-0.3, -0.25) is 0 Å². The number of hydrogen-bond donors (Lipinski definition) is 3. The summed E-state index contributed by atoms with van der Waals surface area (Å²) in [5, 5.41) is 19.1. The molecule has 0 aliphatic heterocycles. The van der Waals surface area contributed by atoms with Crippen molar-refractivity contribution >= 4 is 18.4 Å². The van der Waals surface area contributed by atoms with Gasteiger partial charge in [-0.1, -0.05) is 12.7 Å². The predicted octanol–water partition coefficient (Wildman–Crippen LogP) is 1.32. The Labute approximate surface area is 105 Å². The first-order valence-electron chi connectivity index (χ1n) is 4.63. The lowest BCUT2D eigenvalue weighted by Crippen LogP contribution is -2.07. The number of ether oxygens (including phenoxy) is 1. The van der Waals surface area contributed by atoms with Crippen molar-refractivity contribution < 1.29 is 19.7 Å². The van der Waals surface area contributed by atoms with Gasteiger partial charge in [0.15, 0.2) is 0 Å². The molecule has 0 amide bonds. The Morgan fingerprint density at radius 3 is 2.35 bits per heavy atom. The topological polar surface area (TPSA) is 92.8 Å². The SMILES string of the molecule is C=CCOC(=O)c1c(O)cc(CN)cc1O.Cl. The van der Waals surface area contributed by atoms with Crippen molar-refractivity contribution in [1.82, 2.24) is 0 Å². The van der Waals surface area contributed by atoms with Crippen LogP contribution in [-0.2, 0) is 11.3 Å². The molecular weight excluding hydrogens is 246 g/mol. The van der Waals surface area contributed by atoms with Gasteiger partial charge in [0, 0.05) is 6.54 Å². The number of esters is 1. The van der Waals surface area contributed by atoms with Gasteiger partial charge in [-0.25, -0.2) is 4.79 Å². The lowest BCUT2D eigenvalue weighted by molar-refractivity contribution is 0.0543. The molecule has 0 radical (unpaired) electrons. The van der Waals surface area contributed by atoms with Crippen LogP contribution < -0.4 is 5.73 Å². The third kappa shape index (κ3) is 3.65. The molecule has 1 rings (SSSR count). The van der Waals surface area contributed by atoms with E-state index in [1.54, 1.807) is 0 Å². The predicted molar refractivity (Wildman–Crippen MR) is 65.4 cm³/mol. The Hall–Kier alpha value is -1.72. The third-order valence-electron chi connectivity index (χ3n) is 1.93. The monoisotopic (exact) mass is 259 g/mol. The van der Waals surface area contributed by atoms with Crippen LogP contribution in [0.2, 0.25) is 0 Å². The molecule has 0 atom stereocenters. The zero-order chi connectivity index (χ0) is 12.1. The van der Waals surface area contributed by atoms with Gasteiger partial charge in [-0.15, -0.1) is 12.4 Å². The van der Waals surface area contributed by atoms with Gasteiger partial charge in [-0.05, 0) is 17.7 Å². The number of carbonyl (C=O) groups is 1. The van der Waals surface area contributed by atoms with E-state index in [-0.39, 0.29) is 42.6 Å². The van der Waals surface area contributed by atoms with Crippen LogP contribution in [0.4, 0.5) is 0 Å². The van der Waals surface area contributed by atoms with Crippen LogP contribution in [0.3, 0.4) is 0 Å². The van der Waals surface area contributed by atoms with Crippen molar-refractivity contribution in [2.75, 3.05) is 6.61 Å². The van der Waals surface area contributed by atoms with Crippen LogP contribution in [0.15, 0.2) is 24.8 Å². The molecule has 0 aliphatic carbocycles. The van der Waals surface area contributed by atoms with Crippen molar-refractivity contribution in [1.29, 1.82) is 0 Å². The second kappa shape index (κ2) is 6.78. The summed E-state index contributed by atoms with van der Waals surface area (Å²) in [6, 6.07) is 2.62. The largest absolute Gasteiger partial charge is 0.507 e. The molecule has 4 N–H and O–H groups in total. The summed E-state index contributed by atoms with van der Waals surface area (Å²) in [7, 11) is 0. The number of benzene rings is 1. The number of nitrogens with two attached hydrogens (primary N) is 1. The molecular formula is C11H14ClNO4. The molecule has 0 saturated heterocycles. The molecule has 0 fully saturated rings. The molecule has 17 heavy (non-hydrogen) atoms. The van der Waals surface area contributed by atoms with Gasteiger partial charge < -0.3 is 20.7 Å². The summed E-state index contributed by atoms with van der Waals surface area (Å²) in [4.78, 5) is 11.4. The molecule has 94 valence electrons. The summed E-state index contributed by atoms with van der Waals surface area (Å²) < 4.78 is 4.70. The first kappa shape index (κ1) is 15.3. The van der Waals surface area contributed by atoms with E-state index in [0.717, 1.165) is 0 Å². The summed E-state index contributed by atoms with van der Waals surface area (Å²) in [6.45, 7) is 3.55. The zero-order valence-corrected chi connectivity index (χ0v) is 9.87. The molecule has 5 nitrogen and oxygen atoms in total. The number of aromatic hydroxyl groups is 2. The lowest BCUT2D eigenvalue weighted by Gasteiger charge is -2.08. The standard InChI is InChI=1S/C11H13NO4.ClH/c1-2-3-16-11(15)10-8(13)4-7(6-12)5-9(10)14;/h2,4-5,13-14H,1,3,6,12H2;1H. The van der Waals surface area contributed by atoms with Gasteiger partial charge in [0.25, 0.3) is 0 Å². The van der Waals surface area contributed by atoms with Crippen LogP contribution in [0.25, 0.3) is 0 Å². The van der Waals surface area contributed by atoms with E-state index in [2.05, 4.69) is 6.58 Å². The second-order valence-electron chi connectivity index (χ2n) is 3.10. The molecule has 0 spiro atoms. The first-order chi connectivity index (χ1) is 7.60. The highest BCUT2D eigenvalue weighted by atomic mass is 35.5. The fraction of sp³-hybridized carbons (Fsp3) is 0.182. The number of hydrogen-bond acceptors (Lipinski definition) is 5. The van der Waals surface area contributed by atoms with Gasteiger partial charge in [0.2, 0.25) is 0 Å². The number of carbonyl (C=O) groups excluding carboxylic acids is 1. The summed E-state index contributed by atoms with van der Waals surface area (Å²) in [6.07, 6.45) is 1.39. The van der Waals surface area contributed by atoms with Crippen LogP contribution in [0.1, 0.15) is 15.9 Å². The summed E-state index contributed by atoms with van der Waals surface area (Å²) in [5.41, 5.74) is 5.60. The van der Waals surface area contributed by atoms with Crippen molar-refractivity contribution in [3.8, 4) is 11.5 Å². The third-order valence-corrected chi connectivity index (χ3v) is 1.93. The molecule has 0 heterocycles. The van der Waals surface area contributed by atoms with E-state index in [0.29, 0.717) is 5.56 Å². The number of phenols is 2.